The van der Waals surface area contributed by atoms with Crippen LogP contribution in [0.3, 0.4) is 0 Å². The van der Waals surface area contributed by atoms with Crippen molar-refractivity contribution in [2.45, 2.75) is 12.5 Å². The summed E-state index contributed by atoms with van der Waals surface area (Å²) in [5.41, 5.74) is 0.747. The van der Waals surface area contributed by atoms with Crippen LogP contribution in [0.2, 0.25) is 0 Å². The number of carboxylic acid groups (broad SMARTS) is 1. The Morgan fingerprint density at radius 2 is 2.67 bits per heavy atom. The fourth-order valence-corrected chi connectivity index (χ4v) is 0.925. The minimum absolute atomic E-state index is 0.398. The Balaban J connectivity index is 2.54. The van der Waals surface area contributed by atoms with Gasteiger partial charge in [0, 0.05) is 12.6 Å². The van der Waals surface area contributed by atoms with Crippen molar-refractivity contribution in [3.8, 4) is 0 Å². The quantitative estimate of drug-likeness (QED) is 0.479. The lowest BCUT2D eigenvalue weighted by Gasteiger charge is -2.08. The van der Waals surface area contributed by atoms with E-state index in [0.717, 1.165) is 5.69 Å². The monoisotopic (exact) mass is 167 g/mol. The largest absolute Gasteiger partial charge is 0.480 e. The van der Waals surface area contributed by atoms with Crippen LogP contribution in [0.5, 0.6) is 0 Å². The molecule has 0 radical (unpaired) electrons. The van der Waals surface area contributed by atoms with E-state index in [9.17, 15) is 4.79 Å². The zero-order valence-corrected chi connectivity index (χ0v) is 6.74. The van der Waals surface area contributed by atoms with Crippen LogP contribution in [0.25, 0.3) is 0 Å². The normalized spacial score (nSPS) is 12.7. The maximum Gasteiger partial charge on any atom is 0.320 e. The molecule has 0 unspecified atom stereocenters. The van der Waals surface area contributed by atoms with Crippen LogP contribution >= 0.6 is 0 Å². The number of hydrogen-bond donors (Lipinski definition) is 3. The first-order valence-electron chi connectivity index (χ1n) is 3.61. The fraction of sp³-hybridized carbons (Fsp3) is 0.333. The van der Waals surface area contributed by atoms with Gasteiger partial charge < -0.3 is 15.3 Å². The first kappa shape index (κ1) is 8.80. The number of carbonyl (C=O) groups is 1. The Bertz CT molecular complexity index is 249. The second-order valence-electron chi connectivity index (χ2n) is 2.44. The summed E-state index contributed by atoms with van der Waals surface area (Å²) in [5, 5.41) is 11.4. The summed E-state index contributed by atoms with van der Waals surface area (Å²) in [5.74, 6) is -0.861. The molecule has 64 valence electrons. The van der Waals surface area contributed by atoms with Gasteiger partial charge in [-0.15, -0.1) is 0 Å². The number of rotatable bonds is 4. The average Bonchev–Trinajstić information content (AvgIpc) is 2.51. The minimum Gasteiger partial charge on any atom is -0.480 e. The highest BCUT2D eigenvalue weighted by Crippen LogP contribution is 1.97. The van der Waals surface area contributed by atoms with Crippen molar-refractivity contribution in [3.05, 3.63) is 18.2 Å². The van der Waals surface area contributed by atoms with Crippen LogP contribution in [0, 0.1) is 0 Å². The third kappa shape index (κ3) is 2.10. The maximum atomic E-state index is 10.6. The standard InChI is InChI=1S/C6H10BN3O2/c7-10-5(6(11)12)1-4-2-8-3-9-4/h2-3,5,10H,1,7H2,(H,8,9)(H,11,12)/t5-/m0/s1. The van der Waals surface area contributed by atoms with Crippen LogP contribution in [-0.4, -0.2) is 35.1 Å². The van der Waals surface area contributed by atoms with Gasteiger partial charge in [0.05, 0.1) is 12.0 Å². The Labute approximate surface area is 70.6 Å². The molecule has 0 aliphatic heterocycles. The van der Waals surface area contributed by atoms with Crippen molar-refractivity contribution in [2.24, 2.45) is 0 Å². The predicted octanol–water partition coefficient (Wildman–Crippen LogP) is -1.46. The van der Waals surface area contributed by atoms with Crippen molar-refractivity contribution in [3.63, 3.8) is 0 Å². The van der Waals surface area contributed by atoms with Gasteiger partial charge in [-0.25, -0.2) is 4.98 Å². The predicted molar refractivity (Wildman–Crippen MR) is 45.4 cm³/mol. The third-order valence-corrected chi connectivity index (χ3v) is 1.61. The Morgan fingerprint density at radius 3 is 3.08 bits per heavy atom. The van der Waals surface area contributed by atoms with Crippen molar-refractivity contribution >= 4 is 14.0 Å². The molecule has 1 atom stereocenters. The summed E-state index contributed by atoms with van der Waals surface area (Å²) in [4.78, 5) is 17.3. The van der Waals surface area contributed by atoms with Crippen molar-refractivity contribution < 1.29 is 9.90 Å². The first-order valence-corrected chi connectivity index (χ1v) is 3.61. The van der Waals surface area contributed by atoms with Crippen LogP contribution in [0.1, 0.15) is 5.69 Å². The highest BCUT2D eigenvalue weighted by molar-refractivity contribution is 6.06. The molecule has 0 aliphatic rings. The van der Waals surface area contributed by atoms with Gasteiger partial charge in [0.1, 0.15) is 6.04 Å². The fourth-order valence-electron chi connectivity index (χ4n) is 0.925. The van der Waals surface area contributed by atoms with E-state index in [1.54, 1.807) is 14.2 Å². The van der Waals surface area contributed by atoms with E-state index in [2.05, 4.69) is 15.2 Å². The molecule has 0 fully saturated rings. The van der Waals surface area contributed by atoms with Crippen LogP contribution in [0.15, 0.2) is 12.5 Å². The minimum atomic E-state index is -0.861. The smallest absolute Gasteiger partial charge is 0.320 e. The topological polar surface area (TPSA) is 78.0 Å². The van der Waals surface area contributed by atoms with Gasteiger partial charge in [-0.1, -0.05) is 0 Å². The molecule has 1 aromatic heterocycles. The van der Waals surface area contributed by atoms with Crippen molar-refractivity contribution in [1.29, 1.82) is 0 Å². The molecular formula is C6H10BN3O2. The lowest BCUT2D eigenvalue weighted by molar-refractivity contribution is -0.138. The second kappa shape index (κ2) is 3.92. The molecule has 3 N–H and O–H groups in total. The molecule has 6 heteroatoms. The number of carboxylic acids is 1. The first-order chi connectivity index (χ1) is 5.74. The highest BCUT2D eigenvalue weighted by Gasteiger charge is 2.15. The van der Waals surface area contributed by atoms with Gasteiger partial charge in [0.2, 0.25) is 0 Å². The maximum absolute atomic E-state index is 10.6. The summed E-state index contributed by atoms with van der Waals surface area (Å²) < 4.78 is 0. The Hall–Kier alpha value is -1.30. The molecule has 5 nitrogen and oxygen atoms in total. The number of aliphatic carboxylic acids is 1. The Kier molecular flexibility index (Phi) is 2.87. The molecule has 1 heterocycles. The summed E-state index contributed by atoms with van der Waals surface area (Å²) in [7, 11) is 1.62. The lowest BCUT2D eigenvalue weighted by Crippen LogP contribution is -2.36. The van der Waals surface area contributed by atoms with Gasteiger partial charge >= 0.3 is 5.97 Å². The van der Waals surface area contributed by atoms with Crippen LogP contribution in [-0.2, 0) is 11.2 Å². The summed E-state index contributed by atoms with van der Waals surface area (Å²) in [6.07, 6.45) is 3.62. The molecule has 1 rings (SSSR count). The van der Waals surface area contributed by atoms with E-state index in [1.165, 1.54) is 6.33 Å². The molecule has 0 aliphatic carbocycles. The number of imidazole rings is 1. The van der Waals surface area contributed by atoms with Gasteiger partial charge in [0.25, 0.3) is 0 Å². The van der Waals surface area contributed by atoms with E-state index >= 15 is 0 Å². The van der Waals surface area contributed by atoms with E-state index in [4.69, 9.17) is 5.11 Å². The third-order valence-electron chi connectivity index (χ3n) is 1.61. The van der Waals surface area contributed by atoms with Gasteiger partial charge in [-0.05, 0) is 0 Å². The molecule has 0 saturated carbocycles. The van der Waals surface area contributed by atoms with E-state index in [-0.39, 0.29) is 0 Å². The number of nitrogens with one attached hydrogen (secondary N) is 2. The van der Waals surface area contributed by atoms with E-state index < -0.39 is 12.0 Å². The molecular weight excluding hydrogens is 157 g/mol. The zero-order chi connectivity index (χ0) is 8.97. The SMILES string of the molecule is BN[C@@H](Cc1c[nH]cn1)C(=O)O. The molecule has 0 amide bonds. The molecule has 0 saturated heterocycles. The van der Waals surface area contributed by atoms with Crippen molar-refractivity contribution in [2.75, 3.05) is 0 Å². The number of hydrogen-bond acceptors (Lipinski definition) is 3. The number of nitrogens with zero attached hydrogens (tertiary/aromatic N) is 1. The van der Waals surface area contributed by atoms with E-state index in [0.29, 0.717) is 6.42 Å². The Morgan fingerprint density at radius 1 is 1.92 bits per heavy atom. The number of aromatic nitrogens is 2. The number of aromatic amines is 1. The van der Waals surface area contributed by atoms with Gasteiger partial charge in [0.15, 0.2) is 7.98 Å². The van der Waals surface area contributed by atoms with Crippen LogP contribution in [0.4, 0.5) is 0 Å². The molecule has 0 bridgehead atoms. The van der Waals surface area contributed by atoms with Crippen LogP contribution < -0.4 is 5.23 Å². The van der Waals surface area contributed by atoms with Gasteiger partial charge in [-0.3, -0.25) is 4.79 Å². The van der Waals surface area contributed by atoms with Gasteiger partial charge in [-0.2, -0.15) is 0 Å². The molecule has 0 aromatic carbocycles. The average molecular weight is 167 g/mol. The molecule has 0 spiro atoms. The summed E-state index contributed by atoms with van der Waals surface area (Å²) in [6.45, 7) is 0. The summed E-state index contributed by atoms with van der Waals surface area (Å²) >= 11 is 0. The van der Waals surface area contributed by atoms with Crippen molar-refractivity contribution in [1.82, 2.24) is 15.2 Å². The molecule has 1 aromatic rings. The highest BCUT2D eigenvalue weighted by atomic mass is 16.4. The number of H-pyrrole nitrogens is 1. The zero-order valence-electron chi connectivity index (χ0n) is 6.74. The summed E-state index contributed by atoms with van der Waals surface area (Å²) in [6, 6.07) is -0.562. The molecule has 12 heavy (non-hydrogen) atoms. The lowest BCUT2D eigenvalue weighted by atomic mass is 10.1. The van der Waals surface area contributed by atoms with E-state index in [1.807, 2.05) is 0 Å². The second-order valence-corrected chi connectivity index (χ2v) is 2.44.